The van der Waals surface area contributed by atoms with Crippen molar-refractivity contribution in [3.63, 3.8) is 0 Å². The van der Waals surface area contributed by atoms with Gasteiger partial charge in [-0.15, -0.1) is 0 Å². The molecule has 0 atom stereocenters. The summed E-state index contributed by atoms with van der Waals surface area (Å²) in [5.41, 5.74) is 1.40. The molecule has 9 heteroatoms. The van der Waals surface area contributed by atoms with Gasteiger partial charge in [0.1, 0.15) is 23.9 Å². The summed E-state index contributed by atoms with van der Waals surface area (Å²) in [5.74, 6) is 0.0625. The van der Waals surface area contributed by atoms with Gasteiger partial charge in [-0.05, 0) is 55.5 Å². The van der Waals surface area contributed by atoms with E-state index in [2.05, 4.69) is 5.32 Å². The van der Waals surface area contributed by atoms with Gasteiger partial charge in [0.15, 0.2) is 0 Å². The van der Waals surface area contributed by atoms with Gasteiger partial charge in [-0.3, -0.25) is 4.79 Å². The maximum atomic E-state index is 13.1. The minimum absolute atomic E-state index is 0.0924. The molecule has 3 rings (SSSR count). The van der Waals surface area contributed by atoms with Gasteiger partial charge in [-0.1, -0.05) is 6.07 Å². The van der Waals surface area contributed by atoms with Crippen molar-refractivity contribution in [3.05, 3.63) is 82.9 Å². The molecule has 0 aliphatic heterocycles. The van der Waals surface area contributed by atoms with Crippen molar-refractivity contribution in [2.24, 2.45) is 0 Å². The molecule has 9 nitrogen and oxygen atoms in total. The van der Waals surface area contributed by atoms with Gasteiger partial charge in [0, 0.05) is 22.9 Å². The fourth-order valence-corrected chi connectivity index (χ4v) is 3.36. The summed E-state index contributed by atoms with van der Waals surface area (Å²) < 4.78 is 26.3. The van der Waals surface area contributed by atoms with Gasteiger partial charge < -0.3 is 29.0 Å². The molecule has 0 aromatic heterocycles. The average molecular weight is 494 g/mol. The smallest absolute Gasteiger partial charge is 0.337 e. The van der Waals surface area contributed by atoms with Gasteiger partial charge in [-0.25, -0.2) is 9.59 Å². The molecule has 0 spiro atoms. The number of methoxy groups -OCH3 is 3. The maximum absolute atomic E-state index is 13.1. The lowest BCUT2D eigenvalue weighted by Crippen LogP contribution is -2.15. The maximum Gasteiger partial charge on any atom is 0.337 e. The highest BCUT2D eigenvalue weighted by molar-refractivity contribution is 6.06. The largest absolute Gasteiger partial charge is 0.497 e. The Morgan fingerprint density at radius 1 is 0.750 bits per heavy atom. The Kier molecular flexibility index (Phi) is 8.88. The van der Waals surface area contributed by atoms with E-state index in [0.717, 1.165) is 0 Å². The van der Waals surface area contributed by atoms with Crippen LogP contribution in [0.25, 0.3) is 0 Å². The number of benzene rings is 3. The van der Waals surface area contributed by atoms with E-state index < -0.39 is 17.8 Å². The van der Waals surface area contributed by atoms with Crippen molar-refractivity contribution < 1.29 is 38.1 Å². The summed E-state index contributed by atoms with van der Waals surface area (Å²) >= 11 is 0. The van der Waals surface area contributed by atoms with Crippen molar-refractivity contribution in [1.29, 1.82) is 0 Å². The van der Waals surface area contributed by atoms with E-state index in [1.165, 1.54) is 32.4 Å². The molecule has 0 bridgehead atoms. The SMILES string of the molecule is CCOc1ccc(C(=O)Nc2cc(C(=O)OC)cc(C(=O)OC)c2)cc1COc1cccc(OC)c1. The van der Waals surface area contributed by atoms with Gasteiger partial charge in [0.25, 0.3) is 5.91 Å². The fourth-order valence-electron chi connectivity index (χ4n) is 3.36. The first kappa shape index (κ1) is 26.1. The summed E-state index contributed by atoms with van der Waals surface area (Å²) in [6, 6.07) is 16.3. The average Bonchev–Trinajstić information content (AvgIpc) is 2.91. The number of rotatable bonds is 10. The molecule has 0 saturated carbocycles. The predicted octanol–water partition coefficient (Wildman–Crippen LogP) is 4.50. The predicted molar refractivity (Wildman–Crippen MR) is 132 cm³/mol. The van der Waals surface area contributed by atoms with Crippen LogP contribution in [0, 0.1) is 0 Å². The number of nitrogens with one attached hydrogen (secondary N) is 1. The Hall–Kier alpha value is -4.53. The Morgan fingerprint density at radius 2 is 1.42 bits per heavy atom. The lowest BCUT2D eigenvalue weighted by atomic mass is 10.1. The molecule has 36 heavy (non-hydrogen) atoms. The van der Waals surface area contributed by atoms with Crippen LogP contribution in [0.3, 0.4) is 0 Å². The summed E-state index contributed by atoms with van der Waals surface area (Å²) in [6.45, 7) is 2.45. The Balaban J connectivity index is 1.86. The number of ether oxygens (including phenoxy) is 5. The molecule has 0 aliphatic carbocycles. The van der Waals surface area contributed by atoms with Crippen LogP contribution in [0.2, 0.25) is 0 Å². The molecule has 0 fully saturated rings. The molecule has 0 unspecified atom stereocenters. The summed E-state index contributed by atoms with van der Waals surface area (Å²) in [6.07, 6.45) is 0. The highest BCUT2D eigenvalue weighted by Crippen LogP contribution is 2.25. The lowest BCUT2D eigenvalue weighted by Gasteiger charge is -2.14. The highest BCUT2D eigenvalue weighted by atomic mass is 16.5. The van der Waals surface area contributed by atoms with Crippen LogP contribution in [0.15, 0.2) is 60.7 Å². The Bertz CT molecular complexity index is 1220. The molecule has 1 amide bonds. The van der Waals surface area contributed by atoms with Crippen LogP contribution >= 0.6 is 0 Å². The zero-order valence-corrected chi connectivity index (χ0v) is 20.5. The Labute approximate surface area is 208 Å². The van der Waals surface area contributed by atoms with Crippen molar-refractivity contribution >= 4 is 23.5 Å². The normalized spacial score (nSPS) is 10.2. The topological polar surface area (TPSA) is 109 Å². The third kappa shape index (κ3) is 6.53. The van der Waals surface area contributed by atoms with E-state index in [0.29, 0.717) is 35.0 Å². The first-order valence-corrected chi connectivity index (χ1v) is 11.0. The van der Waals surface area contributed by atoms with Crippen molar-refractivity contribution in [1.82, 2.24) is 0 Å². The first-order valence-electron chi connectivity index (χ1n) is 11.0. The molecule has 3 aromatic rings. The number of amides is 1. The van der Waals surface area contributed by atoms with E-state index >= 15 is 0 Å². The fraction of sp³-hybridized carbons (Fsp3) is 0.222. The van der Waals surface area contributed by atoms with Crippen LogP contribution < -0.4 is 19.5 Å². The van der Waals surface area contributed by atoms with E-state index in [9.17, 15) is 14.4 Å². The van der Waals surface area contributed by atoms with Gasteiger partial charge in [-0.2, -0.15) is 0 Å². The molecule has 0 aliphatic rings. The van der Waals surface area contributed by atoms with E-state index in [4.69, 9.17) is 23.7 Å². The molecule has 0 heterocycles. The van der Waals surface area contributed by atoms with Crippen LogP contribution in [0.1, 0.15) is 43.6 Å². The van der Waals surface area contributed by atoms with Crippen LogP contribution in [-0.2, 0) is 16.1 Å². The number of carbonyl (C=O) groups is 3. The minimum Gasteiger partial charge on any atom is -0.497 e. The molecule has 1 N–H and O–H groups in total. The second-order valence-electron chi connectivity index (χ2n) is 7.46. The van der Waals surface area contributed by atoms with Crippen molar-refractivity contribution in [2.45, 2.75) is 13.5 Å². The number of hydrogen-bond donors (Lipinski definition) is 1. The van der Waals surface area contributed by atoms with Crippen molar-refractivity contribution in [2.75, 3.05) is 33.3 Å². The van der Waals surface area contributed by atoms with Gasteiger partial charge in [0.05, 0.1) is 39.1 Å². The zero-order chi connectivity index (χ0) is 26.1. The number of esters is 2. The second-order valence-corrected chi connectivity index (χ2v) is 7.46. The molecule has 188 valence electrons. The lowest BCUT2D eigenvalue weighted by molar-refractivity contribution is 0.0598. The van der Waals surface area contributed by atoms with Gasteiger partial charge in [0.2, 0.25) is 0 Å². The first-order chi connectivity index (χ1) is 17.4. The number of hydrogen-bond acceptors (Lipinski definition) is 8. The summed E-state index contributed by atoms with van der Waals surface area (Å²) in [7, 11) is 4.02. The zero-order valence-electron chi connectivity index (χ0n) is 20.5. The monoisotopic (exact) mass is 493 g/mol. The molecule has 3 aromatic carbocycles. The number of carbonyl (C=O) groups excluding carboxylic acids is 3. The van der Waals surface area contributed by atoms with Gasteiger partial charge >= 0.3 is 11.9 Å². The molecular weight excluding hydrogens is 466 g/mol. The molecular formula is C27H27NO8. The summed E-state index contributed by atoms with van der Waals surface area (Å²) in [4.78, 5) is 37.1. The number of anilines is 1. The minimum atomic E-state index is -0.658. The molecule has 0 radical (unpaired) electrons. The van der Waals surface area contributed by atoms with E-state index in [-0.39, 0.29) is 23.4 Å². The Morgan fingerprint density at radius 3 is 2.03 bits per heavy atom. The third-order valence-corrected chi connectivity index (χ3v) is 5.09. The standard InChI is InChI=1S/C27H27NO8/c1-5-35-24-10-9-17(11-20(24)16-36-23-8-6-7-22(15-23)32-2)25(29)28-21-13-18(26(30)33-3)12-19(14-21)27(31)34-4/h6-15H,5,16H2,1-4H3,(H,28,29). The quantitative estimate of drug-likeness (QED) is 0.411. The van der Waals surface area contributed by atoms with E-state index in [1.54, 1.807) is 37.4 Å². The van der Waals surface area contributed by atoms with Crippen LogP contribution in [-0.4, -0.2) is 45.8 Å². The third-order valence-electron chi connectivity index (χ3n) is 5.09. The highest BCUT2D eigenvalue weighted by Gasteiger charge is 2.17. The van der Waals surface area contributed by atoms with Crippen LogP contribution in [0.4, 0.5) is 5.69 Å². The van der Waals surface area contributed by atoms with Crippen LogP contribution in [0.5, 0.6) is 17.2 Å². The summed E-state index contributed by atoms with van der Waals surface area (Å²) in [5, 5.41) is 2.71. The van der Waals surface area contributed by atoms with Crippen molar-refractivity contribution in [3.8, 4) is 17.2 Å². The molecule has 0 saturated heterocycles. The second kappa shape index (κ2) is 12.3. The van der Waals surface area contributed by atoms with E-state index in [1.807, 2.05) is 19.1 Å².